The fourth-order valence-electron chi connectivity index (χ4n) is 3.11. The van der Waals surface area contributed by atoms with E-state index in [1.165, 1.54) is 5.56 Å². The van der Waals surface area contributed by atoms with Crippen molar-refractivity contribution in [2.45, 2.75) is 20.3 Å². The van der Waals surface area contributed by atoms with Gasteiger partial charge in [-0.25, -0.2) is 0 Å². The van der Waals surface area contributed by atoms with E-state index in [0.29, 0.717) is 50.0 Å². The molecule has 0 saturated carbocycles. The number of morpholine rings is 1. The van der Waals surface area contributed by atoms with Gasteiger partial charge >= 0.3 is 0 Å². The molecular formula is C23H28N2O5. The third-order valence-electron chi connectivity index (χ3n) is 4.84. The Bertz CT molecular complexity index is 860. The first-order valence-corrected chi connectivity index (χ1v) is 10.3. The third kappa shape index (κ3) is 5.73. The minimum Gasteiger partial charge on any atom is -0.490 e. The first kappa shape index (κ1) is 21.6. The van der Waals surface area contributed by atoms with Crippen LogP contribution in [0.15, 0.2) is 42.5 Å². The third-order valence-corrected chi connectivity index (χ3v) is 4.84. The Morgan fingerprint density at radius 1 is 1.00 bits per heavy atom. The van der Waals surface area contributed by atoms with Gasteiger partial charge in [0, 0.05) is 24.3 Å². The fraction of sp³-hybridized carbons (Fsp3) is 0.391. The normalized spacial score (nSPS) is 13.6. The number of aryl methyl sites for hydroxylation is 1. The first-order valence-electron chi connectivity index (χ1n) is 10.3. The highest BCUT2D eigenvalue weighted by Crippen LogP contribution is 2.29. The summed E-state index contributed by atoms with van der Waals surface area (Å²) in [5, 5.41) is 2.88. The van der Waals surface area contributed by atoms with Gasteiger partial charge in [0.1, 0.15) is 0 Å². The molecule has 160 valence electrons. The fourth-order valence-corrected chi connectivity index (χ4v) is 3.11. The number of ether oxygens (including phenoxy) is 3. The predicted molar refractivity (Wildman–Crippen MR) is 114 cm³/mol. The van der Waals surface area contributed by atoms with Crippen molar-refractivity contribution in [3.8, 4) is 11.5 Å². The molecule has 2 aromatic rings. The van der Waals surface area contributed by atoms with Crippen molar-refractivity contribution in [2.75, 3.05) is 44.8 Å². The summed E-state index contributed by atoms with van der Waals surface area (Å²) in [7, 11) is 0. The minimum absolute atomic E-state index is 0.0879. The number of benzene rings is 2. The Balaban J connectivity index is 1.65. The van der Waals surface area contributed by atoms with Crippen LogP contribution >= 0.6 is 0 Å². The summed E-state index contributed by atoms with van der Waals surface area (Å²) in [6, 6.07) is 12.7. The van der Waals surface area contributed by atoms with Crippen LogP contribution < -0.4 is 14.8 Å². The molecule has 1 fully saturated rings. The summed E-state index contributed by atoms with van der Waals surface area (Å²) in [6.45, 7) is 6.48. The Labute approximate surface area is 176 Å². The number of carbonyl (C=O) groups is 2. The lowest BCUT2D eigenvalue weighted by molar-refractivity contribution is -0.137. The van der Waals surface area contributed by atoms with Crippen LogP contribution in [0.1, 0.15) is 29.8 Å². The van der Waals surface area contributed by atoms with Crippen molar-refractivity contribution >= 4 is 17.5 Å². The lowest BCUT2D eigenvalue weighted by atomic mass is 10.1. The standard InChI is InChI=1S/C23H28N2O5/c1-3-17-5-8-19(9-6-17)24-23(27)18-7-10-20(21(15-18)29-4-2)30-16-22(26)25-11-13-28-14-12-25/h5-10,15H,3-4,11-14,16H2,1-2H3,(H,24,27). The van der Waals surface area contributed by atoms with Crippen molar-refractivity contribution < 1.29 is 23.8 Å². The van der Waals surface area contributed by atoms with E-state index in [2.05, 4.69) is 12.2 Å². The Kier molecular flexibility index (Phi) is 7.68. The van der Waals surface area contributed by atoms with Crippen molar-refractivity contribution in [2.24, 2.45) is 0 Å². The average molecular weight is 412 g/mol. The van der Waals surface area contributed by atoms with E-state index in [1.54, 1.807) is 23.1 Å². The second-order valence-corrected chi connectivity index (χ2v) is 6.88. The van der Waals surface area contributed by atoms with Gasteiger partial charge in [-0.05, 0) is 49.2 Å². The van der Waals surface area contributed by atoms with Gasteiger partial charge < -0.3 is 24.4 Å². The van der Waals surface area contributed by atoms with E-state index in [-0.39, 0.29) is 18.4 Å². The maximum atomic E-state index is 12.6. The van der Waals surface area contributed by atoms with Crippen molar-refractivity contribution in [1.82, 2.24) is 4.90 Å². The largest absolute Gasteiger partial charge is 0.490 e. The number of amides is 2. The molecule has 0 unspecified atom stereocenters. The van der Waals surface area contributed by atoms with Crippen molar-refractivity contribution in [3.63, 3.8) is 0 Å². The van der Waals surface area contributed by atoms with E-state index in [1.807, 2.05) is 31.2 Å². The quantitative estimate of drug-likeness (QED) is 0.721. The minimum atomic E-state index is -0.240. The van der Waals surface area contributed by atoms with Gasteiger partial charge in [-0.2, -0.15) is 0 Å². The van der Waals surface area contributed by atoms with Crippen LogP contribution in [0.5, 0.6) is 11.5 Å². The summed E-state index contributed by atoms with van der Waals surface area (Å²) in [5.74, 6) is 0.526. The molecule has 30 heavy (non-hydrogen) atoms. The van der Waals surface area contributed by atoms with Gasteiger partial charge in [-0.1, -0.05) is 19.1 Å². The van der Waals surface area contributed by atoms with Gasteiger partial charge in [0.15, 0.2) is 18.1 Å². The second-order valence-electron chi connectivity index (χ2n) is 6.88. The summed E-state index contributed by atoms with van der Waals surface area (Å²) in [4.78, 5) is 26.7. The number of nitrogens with zero attached hydrogens (tertiary/aromatic N) is 1. The topological polar surface area (TPSA) is 77.1 Å². The highest BCUT2D eigenvalue weighted by molar-refractivity contribution is 6.04. The molecule has 3 rings (SSSR count). The highest BCUT2D eigenvalue weighted by atomic mass is 16.5. The molecule has 2 aromatic carbocycles. The number of rotatable bonds is 8. The maximum absolute atomic E-state index is 12.6. The molecule has 0 aromatic heterocycles. The summed E-state index contributed by atoms with van der Waals surface area (Å²) < 4.78 is 16.6. The number of hydrogen-bond donors (Lipinski definition) is 1. The monoisotopic (exact) mass is 412 g/mol. The van der Waals surface area contributed by atoms with E-state index >= 15 is 0 Å². The molecular weight excluding hydrogens is 384 g/mol. The number of hydrogen-bond acceptors (Lipinski definition) is 5. The van der Waals surface area contributed by atoms with Crippen LogP contribution in [0.3, 0.4) is 0 Å². The average Bonchev–Trinajstić information content (AvgIpc) is 2.79. The lowest BCUT2D eigenvalue weighted by Crippen LogP contribution is -2.43. The van der Waals surface area contributed by atoms with Gasteiger partial charge in [0.2, 0.25) is 0 Å². The second kappa shape index (κ2) is 10.6. The van der Waals surface area contributed by atoms with Crippen LogP contribution in [0.4, 0.5) is 5.69 Å². The van der Waals surface area contributed by atoms with Gasteiger partial charge in [-0.3, -0.25) is 9.59 Å². The zero-order valence-corrected chi connectivity index (χ0v) is 17.5. The zero-order valence-electron chi connectivity index (χ0n) is 17.5. The van der Waals surface area contributed by atoms with Gasteiger partial charge in [0.25, 0.3) is 11.8 Å². The van der Waals surface area contributed by atoms with Crippen LogP contribution in [0.2, 0.25) is 0 Å². The molecule has 2 amide bonds. The molecule has 1 heterocycles. The van der Waals surface area contributed by atoms with Gasteiger partial charge in [-0.15, -0.1) is 0 Å². The highest BCUT2D eigenvalue weighted by Gasteiger charge is 2.18. The van der Waals surface area contributed by atoms with Crippen LogP contribution in [0.25, 0.3) is 0 Å². The van der Waals surface area contributed by atoms with E-state index < -0.39 is 0 Å². The first-order chi connectivity index (χ1) is 14.6. The zero-order chi connectivity index (χ0) is 21.3. The smallest absolute Gasteiger partial charge is 0.260 e. The van der Waals surface area contributed by atoms with Gasteiger partial charge in [0.05, 0.1) is 19.8 Å². The summed E-state index contributed by atoms with van der Waals surface area (Å²) in [6.07, 6.45) is 0.946. The number of carbonyl (C=O) groups excluding carboxylic acids is 2. The molecule has 1 aliphatic heterocycles. The maximum Gasteiger partial charge on any atom is 0.260 e. The molecule has 0 bridgehead atoms. The number of anilines is 1. The van der Waals surface area contributed by atoms with Crippen LogP contribution in [-0.2, 0) is 16.0 Å². The van der Waals surface area contributed by atoms with Crippen molar-refractivity contribution in [3.05, 3.63) is 53.6 Å². The molecule has 0 atom stereocenters. The molecule has 1 N–H and O–H groups in total. The van der Waals surface area contributed by atoms with E-state index in [0.717, 1.165) is 12.1 Å². The Morgan fingerprint density at radius 3 is 2.40 bits per heavy atom. The molecule has 0 radical (unpaired) electrons. The lowest BCUT2D eigenvalue weighted by Gasteiger charge is -2.26. The molecule has 0 aliphatic carbocycles. The molecule has 1 aliphatic rings. The van der Waals surface area contributed by atoms with E-state index in [9.17, 15) is 9.59 Å². The summed E-state index contributed by atoms with van der Waals surface area (Å²) >= 11 is 0. The predicted octanol–water partition coefficient (Wildman–Crippen LogP) is 3.14. The van der Waals surface area contributed by atoms with E-state index in [4.69, 9.17) is 14.2 Å². The Morgan fingerprint density at radius 2 is 1.73 bits per heavy atom. The molecule has 1 saturated heterocycles. The molecule has 0 spiro atoms. The Hall–Kier alpha value is -3.06. The SMILES string of the molecule is CCOc1cc(C(=O)Nc2ccc(CC)cc2)ccc1OCC(=O)N1CCOCC1. The summed E-state index contributed by atoms with van der Waals surface area (Å²) in [5.41, 5.74) is 2.39. The molecule has 7 heteroatoms. The van der Waals surface area contributed by atoms with Crippen molar-refractivity contribution in [1.29, 1.82) is 0 Å². The number of nitrogens with one attached hydrogen (secondary N) is 1. The van der Waals surface area contributed by atoms with Crippen LogP contribution in [0, 0.1) is 0 Å². The van der Waals surface area contributed by atoms with Crippen LogP contribution in [-0.4, -0.2) is 56.2 Å². The molecule has 7 nitrogen and oxygen atoms in total.